The van der Waals surface area contributed by atoms with Gasteiger partial charge in [-0.1, -0.05) is 53.4 Å². The van der Waals surface area contributed by atoms with Gasteiger partial charge in [0.1, 0.15) is 0 Å². The molecule has 0 aromatic rings. The monoisotopic (exact) mass is 265 g/mol. The third kappa shape index (κ3) is 4.21. The Morgan fingerprint density at radius 1 is 1.11 bits per heavy atom. The summed E-state index contributed by atoms with van der Waals surface area (Å²) < 4.78 is 0. The number of hydrogen-bond acceptors (Lipinski definition) is 1. The van der Waals surface area contributed by atoms with Crippen LogP contribution in [0.4, 0.5) is 0 Å². The highest BCUT2D eigenvalue weighted by molar-refractivity contribution is 4.88. The molecule has 1 nitrogen and oxygen atoms in total. The third-order valence-corrected chi connectivity index (χ3v) is 5.87. The second kappa shape index (κ2) is 6.61. The highest BCUT2D eigenvalue weighted by atomic mass is 14.9. The lowest BCUT2D eigenvalue weighted by Gasteiger charge is -2.41. The Morgan fingerprint density at radius 3 is 2.42 bits per heavy atom. The van der Waals surface area contributed by atoms with Gasteiger partial charge in [0.05, 0.1) is 0 Å². The van der Waals surface area contributed by atoms with Crippen LogP contribution in [0.1, 0.15) is 79.1 Å². The van der Waals surface area contributed by atoms with Crippen molar-refractivity contribution in [3.63, 3.8) is 0 Å². The van der Waals surface area contributed by atoms with Crippen molar-refractivity contribution in [2.45, 2.75) is 85.1 Å². The first kappa shape index (κ1) is 15.4. The van der Waals surface area contributed by atoms with Gasteiger partial charge in [0, 0.05) is 12.6 Å². The summed E-state index contributed by atoms with van der Waals surface area (Å²) in [6.45, 7) is 11.0. The van der Waals surface area contributed by atoms with Crippen LogP contribution in [0.5, 0.6) is 0 Å². The number of hydrogen-bond donors (Lipinski definition) is 1. The maximum atomic E-state index is 3.99. The van der Waals surface area contributed by atoms with Gasteiger partial charge in [0.15, 0.2) is 0 Å². The van der Waals surface area contributed by atoms with E-state index < -0.39 is 0 Å². The van der Waals surface area contributed by atoms with Crippen LogP contribution in [0.2, 0.25) is 0 Å². The fraction of sp³-hybridized carbons (Fsp3) is 1.00. The summed E-state index contributed by atoms with van der Waals surface area (Å²) in [6.07, 6.45) is 11.5. The SMILES string of the molecule is CC1CCC(C(C)C)C(NCC2(C)CCCCC2)C1. The van der Waals surface area contributed by atoms with Gasteiger partial charge in [-0.15, -0.1) is 0 Å². The molecule has 0 heterocycles. The first-order valence-corrected chi connectivity index (χ1v) is 8.73. The van der Waals surface area contributed by atoms with Crippen molar-refractivity contribution >= 4 is 0 Å². The van der Waals surface area contributed by atoms with Gasteiger partial charge in [-0.05, 0) is 48.9 Å². The van der Waals surface area contributed by atoms with Gasteiger partial charge in [-0.2, -0.15) is 0 Å². The van der Waals surface area contributed by atoms with Crippen LogP contribution in [0.25, 0.3) is 0 Å². The van der Waals surface area contributed by atoms with E-state index in [1.807, 2.05) is 0 Å². The average Bonchev–Trinajstić information content (AvgIpc) is 2.37. The molecule has 2 aliphatic rings. The first-order chi connectivity index (χ1) is 9.00. The van der Waals surface area contributed by atoms with Gasteiger partial charge in [0.2, 0.25) is 0 Å². The molecule has 0 bridgehead atoms. The lowest BCUT2D eigenvalue weighted by atomic mass is 9.72. The van der Waals surface area contributed by atoms with Gasteiger partial charge >= 0.3 is 0 Å². The summed E-state index contributed by atoms with van der Waals surface area (Å²) in [6, 6.07) is 0.780. The van der Waals surface area contributed by atoms with Crippen LogP contribution in [0, 0.1) is 23.2 Å². The van der Waals surface area contributed by atoms with Crippen molar-refractivity contribution in [2.75, 3.05) is 6.54 Å². The summed E-state index contributed by atoms with van der Waals surface area (Å²) in [5.41, 5.74) is 0.584. The smallest absolute Gasteiger partial charge is 0.0100 e. The highest BCUT2D eigenvalue weighted by Crippen LogP contribution is 2.37. The molecular formula is C18H35N. The molecule has 0 radical (unpaired) electrons. The lowest BCUT2D eigenvalue weighted by molar-refractivity contribution is 0.137. The summed E-state index contributed by atoms with van der Waals surface area (Å²) >= 11 is 0. The number of nitrogens with one attached hydrogen (secondary N) is 1. The molecule has 0 aromatic heterocycles. The predicted molar refractivity (Wildman–Crippen MR) is 84.3 cm³/mol. The van der Waals surface area contributed by atoms with Crippen LogP contribution in [0.3, 0.4) is 0 Å². The van der Waals surface area contributed by atoms with E-state index in [1.165, 1.54) is 57.9 Å². The molecule has 3 atom stereocenters. The Hall–Kier alpha value is -0.0400. The second-order valence-electron chi connectivity index (χ2n) is 8.18. The molecule has 0 spiro atoms. The van der Waals surface area contributed by atoms with E-state index in [4.69, 9.17) is 0 Å². The standard InChI is InChI=1S/C18H35N/c1-14(2)16-9-8-15(3)12-17(16)19-13-18(4)10-6-5-7-11-18/h14-17,19H,5-13H2,1-4H3. The van der Waals surface area contributed by atoms with Crippen molar-refractivity contribution < 1.29 is 0 Å². The summed E-state index contributed by atoms with van der Waals surface area (Å²) in [4.78, 5) is 0. The minimum Gasteiger partial charge on any atom is -0.313 e. The Morgan fingerprint density at radius 2 is 1.79 bits per heavy atom. The van der Waals surface area contributed by atoms with E-state index in [-0.39, 0.29) is 0 Å². The van der Waals surface area contributed by atoms with Crippen molar-refractivity contribution in [3.05, 3.63) is 0 Å². The summed E-state index contributed by atoms with van der Waals surface area (Å²) in [7, 11) is 0. The molecule has 1 heteroatoms. The topological polar surface area (TPSA) is 12.0 Å². The van der Waals surface area contributed by atoms with Crippen LogP contribution in [-0.4, -0.2) is 12.6 Å². The van der Waals surface area contributed by atoms with Crippen LogP contribution in [0.15, 0.2) is 0 Å². The zero-order valence-corrected chi connectivity index (χ0v) is 13.7. The molecular weight excluding hydrogens is 230 g/mol. The molecule has 2 fully saturated rings. The molecule has 1 N–H and O–H groups in total. The Bertz CT molecular complexity index is 265. The normalized spacial score (nSPS) is 35.5. The molecule has 2 saturated carbocycles. The zero-order chi connectivity index (χ0) is 13.9. The molecule has 0 aromatic carbocycles. The van der Waals surface area contributed by atoms with Crippen LogP contribution < -0.4 is 5.32 Å². The third-order valence-electron chi connectivity index (χ3n) is 5.87. The summed E-state index contributed by atoms with van der Waals surface area (Å²) in [5.74, 6) is 2.67. The van der Waals surface area contributed by atoms with E-state index in [0.717, 1.165) is 23.8 Å². The molecule has 112 valence electrons. The minimum atomic E-state index is 0.584. The van der Waals surface area contributed by atoms with Gasteiger partial charge in [-0.3, -0.25) is 0 Å². The van der Waals surface area contributed by atoms with E-state index in [1.54, 1.807) is 0 Å². The van der Waals surface area contributed by atoms with E-state index in [0.29, 0.717) is 5.41 Å². The van der Waals surface area contributed by atoms with Crippen LogP contribution >= 0.6 is 0 Å². The largest absolute Gasteiger partial charge is 0.313 e. The van der Waals surface area contributed by atoms with E-state index in [2.05, 4.69) is 33.0 Å². The lowest BCUT2D eigenvalue weighted by Crippen LogP contribution is -2.47. The van der Waals surface area contributed by atoms with E-state index in [9.17, 15) is 0 Å². The van der Waals surface area contributed by atoms with Crippen molar-refractivity contribution in [1.29, 1.82) is 0 Å². The van der Waals surface area contributed by atoms with Gasteiger partial charge in [-0.25, -0.2) is 0 Å². The van der Waals surface area contributed by atoms with E-state index >= 15 is 0 Å². The van der Waals surface area contributed by atoms with Crippen molar-refractivity contribution in [2.24, 2.45) is 23.2 Å². The van der Waals surface area contributed by atoms with Crippen molar-refractivity contribution in [3.8, 4) is 0 Å². The maximum Gasteiger partial charge on any atom is 0.0100 e. The molecule has 2 rings (SSSR count). The summed E-state index contributed by atoms with van der Waals surface area (Å²) in [5, 5.41) is 3.99. The Kier molecular flexibility index (Phi) is 5.34. The van der Waals surface area contributed by atoms with Crippen LogP contribution in [-0.2, 0) is 0 Å². The minimum absolute atomic E-state index is 0.584. The van der Waals surface area contributed by atoms with Gasteiger partial charge < -0.3 is 5.32 Å². The fourth-order valence-corrected chi connectivity index (χ4v) is 4.40. The molecule has 2 aliphatic carbocycles. The molecule has 0 amide bonds. The second-order valence-corrected chi connectivity index (χ2v) is 8.18. The van der Waals surface area contributed by atoms with Gasteiger partial charge in [0.25, 0.3) is 0 Å². The fourth-order valence-electron chi connectivity index (χ4n) is 4.40. The Labute approximate surface area is 120 Å². The number of rotatable bonds is 4. The predicted octanol–water partition coefficient (Wildman–Crippen LogP) is 5.01. The average molecular weight is 265 g/mol. The Balaban J connectivity index is 1.87. The molecule has 0 saturated heterocycles. The zero-order valence-electron chi connectivity index (χ0n) is 13.7. The first-order valence-electron chi connectivity index (χ1n) is 8.73. The van der Waals surface area contributed by atoms with Crippen molar-refractivity contribution in [1.82, 2.24) is 5.32 Å². The highest BCUT2D eigenvalue weighted by Gasteiger charge is 2.33. The maximum absolute atomic E-state index is 3.99. The molecule has 3 unspecified atom stereocenters. The molecule has 19 heavy (non-hydrogen) atoms. The quantitative estimate of drug-likeness (QED) is 0.753. The molecule has 0 aliphatic heterocycles.